The number of pyridine rings is 1. The van der Waals surface area contributed by atoms with Gasteiger partial charge < -0.3 is 5.32 Å². The van der Waals surface area contributed by atoms with Crippen LogP contribution in [0.2, 0.25) is 0 Å². The zero-order chi connectivity index (χ0) is 15.2. The second-order valence-corrected chi connectivity index (χ2v) is 6.19. The van der Waals surface area contributed by atoms with E-state index < -0.39 is 0 Å². The first-order chi connectivity index (χ1) is 10.1. The quantitative estimate of drug-likeness (QED) is 0.829. The summed E-state index contributed by atoms with van der Waals surface area (Å²) in [5.74, 6) is 1.19. The van der Waals surface area contributed by atoms with Gasteiger partial charge in [-0.3, -0.25) is 4.79 Å². The lowest BCUT2D eigenvalue weighted by molar-refractivity contribution is -0.114. The van der Waals surface area contributed by atoms with Crippen LogP contribution in [-0.4, -0.2) is 10.9 Å². The van der Waals surface area contributed by atoms with E-state index in [1.165, 1.54) is 18.1 Å². The van der Waals surface area contributed by atoms with E-state index in [2.05, 4.69) is 36.3 Å². The Morgan fingerprint density at radius 2 is 2.00 bits per heavy atom. The number of rotatable bonds is 5. The third kappa shape index (κ3) is 4.60. The second kappa shape index (κ2) is 7.27. The van der Waals surface area contributed by atoms with Gasteiger partial charge in [-0.2, -0.15) is 0 Å². The van der Waals surface area contributed by atoms with Crippen molar-refractivity contribution in [3.63, 3.8) is 0 Å². The highest BCUT2D eigenvalue weighted by Crippen LogP contribution is 2.30. The van der Waals surface area contributed by atoms with E-state index in [-0.39, 0.29) is 5.91 Å². The highest BCUT2D eigenvalue weighted by atomic mass is 32.2. The van der Waals surface area contributed by atoms with Crippen LogP contribution in [-0.2, 0) is 10.5 Å². The summed E-state index contributed by atoms with van der Waals surface area (Å²) in [6.45, 7) is 5.79. The molecule has 0 atom stereocenters. The maximum absolute atomic E-state index is 11.1. The van der Waals surface area contributed by atoms with Gasteiger partial charge in [0, 0.05) is 12.7 Å². The van der Waals surface area contributed by atoms with Gasteiger partial charge in [-0.25, -0.2) is 4.98 Å². The molecule has 0 radical (unpaired) electrons. The number of carbonyl (C=O) groups is 1. The molecular formula is C17H20N2OS. The van der Waals surface area contributed by atoms with Crippen LogP contribution in [0.15, 0.2) is 47.6 Å². The van der Waals surface area contributed by atoms with Crippen molar-refractivity contribution in [2.24, 2.45) is 0 Å². The fourth-order valence-electron chi connectivity index (χ4n) is 2.00. The van der Waals surface area contributed by atoms with Crippen molar-refractivity contribution in [1.82, 2.24) is 4.98 Å². The van der Waals surface area contributed by atoms with Crippen molar-refractivity contribution in [2.75, 3.05) is 5.32 Å². The number of nitrogens with zero attached hydrogens (tertiary/aromatic N) is 1. The number of amides is 1. The van der Waals surface area contributed by atoms with Gasteiger partial charge in [-0.1, -0.05) is 44.2 Å². The summed E-state index contributed by atoms with van der Waals surface area (Å²) in [6, 6.07) is 12.4. The molecule has 2 rings (SSSR count). The Hall–Kier alpha value is -1.81. The molecule has 1 aromatic heterocycles. The monoisotopic (exact) mass is 300 g/mol. The molecule has 1 N–H and O–H groups in total. The zero-order valence-electron chi connectivity index (χ0n) is 12.6. The number of hydrogen-bond donors (Lipinski definition) is 1. The van der Waals surface area contributed by atoms with Crippen LogP contribution >= 0.6 is 11.8 Å². The van der Waals surface area contributed by atoms with Crippen LogP contribution in [0.4, 0.5) is 5.69 Å². The minimum Gasteiger partial charge on any atom is -0.325 e. The summed E-state index contributed by atoms with van der Waals surface area (Å²) >= 11 is 1.73. The van der Waals surface area contributed by atoms with E-state index in [0.717, 1.165) is 16.5 Å². The van der Waals surface area contributed by atoms with E-state index in [4.69, 9.17) is 0 Å². The minimum absolute atomic E-state index is 0.0730. The summed E-state index contributed by atoms with van der Waals surface area (Å²) in [5.41, 5.74) is 3.21. The lowest BCUT2D eigenvalue weighted by Gasteiger charge is -2.13. The fourth-order valence-corrected chi connectivity index (χ4v) is 3.09. The van der Waals surface area contributed by atoms with E-state index in [9.17, 15) is 4.79 Å². The Morgan fingerprint density at radius 1 is 1.29 bits per heavy atom. The number of carbonyl (C=O) groups excluding carboxylic acids is 1. The molecule has 1 aromatic carbocycles. The number of hydrogen-bond acceptors (Lipinski definition) is 3. The average Bonchev–Trinajstić information content (AvgIpc) is 2.46. The van der Waals surface area contributed by atoms with Crippen molar-refractivity contribution >= 4 is 23.4 Å². The minimum atomic E-state index is -0.0730. The molecule has 21 heavy (non-hydrogen) atoms. The van der Waals surface area contributed by atoms with Crippen molar-refractivity contribution in [1.29, 1.82) is 0 Å². The fraction of sp³-hybridized carbons (Fsp3) is 0.294. The number of thioether (sulfide) groups is 1. The van der Waals surface area contributed by atoms with Crippen LogP contribution in [0.25, 0.3) is 0 Å². The first-order valence-electron chi connectivity index (χ1n) is 7.00. The first kappa shape index (κ1) is 15.6. The van der Waals surface area contributed by atoms with Gasteiger partial charge in [0.1, 0.15) is 0 Å². The van der Waals surface area contributed by atoms with Crippen LogP contribution in [0.1, 0.15) is 37.8 Å². The largest absolute Gasteiger partial charge is 0.325 e. The molecule has 0 saturated heterocycles. The number of nitrogens with one attached hydrogen (secondary N) is 1. The maximum atomic E-state index is 11.1. The molecule has 1 heterocycles. The molecule has 2 aromatic rings. The molecule has 0 saturated carbocycles. The van der Waals surface area contributed by atoms with E-state index in [1.54, 1.807) is 18.0 Å². The van der Waals surface area contributed by atoms with E-state index >= 15 is 0 Å². The first-order valence-corrected chi connectivity index (χ1v) is 7.99. The summed E-state index contributed by atoms with van der Waals surface area (Å²) in [7, 11) is 0. The molecule has 0 bridgehead atoms. The SMILES string of the molecule is CC(=O)Nc1cnc(SCc2ccccc2)c(C(C)C)c1. The Kier molecular flexibility index (Phi) is 5.39. The average molecular weight is 300 g/mol. The number of benzene rings is 1. The van der Waals surface area contributed by atoms with Crippen LogP contribution in [0, 0.1) is 0 Å². The topological polar surface area (TPSA) is 42.0 Å². The molecule has 0 aliphatic heterocycles. The molecule has 1 amide bonds. The summed E-state index contributed by atoms with van der Waals surface area (Å²) < 4.78 is 0. The summed E-state index contributed by atoms with van der Waals surface area (Å²) in [4.78, 5) is 15.7. The zero-order valence-corrected chi connectivity index (χ0v) is 13.4. The van der Waals surface area contributed by atoms with Gasteiger partial charge in [0.2, 0.25) is 5.91 Å². The van der Waals surface area contributed by atoms with E-state index in [0.29, 0.717) is 5.92 Å². The Balaban J connectivity index is 2.16. The molecule has 0 fully saturated rings. The van der Waals surface area contributed by atoms with Gasteiger partial charge >= 0.3 is 0 Å². The van der Waals surface area contributed by atoms with E-state index in [1.807, 2.05) is 24.3 Å². The van der Waals surface area contributed by atoms with Gasteiger partial charge in [-0.15, -0.1) is 11.8 Å². The van der Waals surface area contributed by atoms with Gasteiger partial charge in [0.15, 0.2) is 0 Å². The molecule has 3 nitrogen and oxygen atoms in total. The van der Waals surface area contributed by atoms with Crippen molar-refractivity contribution in [2.45, 2.75) is 37.5 Å². The summed E-state index contributed by atoms with van der Waals surface area (Å²) in [6.07, 6.45) is 1.72. The maximum Gasteiger partial charge on any atom is 0.221 e. The standard InChI is InChI=1S/C17H20N2OS/c1-12(2)16-9-15(19-13(3)20)10-18-17(16)21-11-14-7-5-4-6-8-14/h4-10,12H,11H2,1-3H3,(H,19,20). The second-order valence-electron chi connectivity index (χ2n) is 5.23. The molecular weight excluding hydrogens is 280 g/mol. The predicted molar refractivity (Wildman–Crippen MR) is 88.6 cm³/mol. The molecule has 0 spiro atoms. The van der Waals surface area contributed by atoms with Crippen LogP contribution in [0.5, 0.6) is 0 Å². The third-order valence-corrected chi connectivity index (χ3v) is 4.13. The lowest BCUT2D eigenvalue weighted by atomic mass is 10.1. The Bertz CT molecular complexity index is 611. The lowest BCUT2D eigenvalue weighted by Crippen LogP contribution is -2.07. The highest BCUT2D eigenvalue weighted by Gasteiger charge is 2.11. The summed E-state index contributed by atoms with van der Waals surface area (Å²) in [5, 5.41) is 3.82. The normalized spacial score (nSPS) is 10.7. The third-order valence-electron chi connectivity index (χ3n) is 3.04. The molecule has 110 valence electrons. The number of aromatic nitrogens is 1. The van der Waals surface area contributed by atoms with Gasteiger partial charge in [-0.05, 0) is 23.1 Å². The molecule has 0 aliphatic carbocycles. The van der Waals surface area contributed by atoms with Crippen LogP contribution < -0.4 is 5.32 Å². The highest BCUT2D eigenvalue weighted by molar-refractivity contribution is 7.98. The Morgan fingerprint density at radius 3 is 2.62 bits per heavy atom. The Labute approximate surface area is 130 Å². The molecule has 0 unspecified atom stereocenters. The smallest absolute Gasteiger partial charge is 0.221 e. The van der Waals surface area contributed by atoms with Gasteiger partial charge in [0.05, 0.1) is 16.9 Å². The van der Waals surface area contributed by atoms with Crippen LogP contribution in [0.3, 0.4) is 0 Å². The van der Waals surface area contributed by atoms with Gasteiger partial charge in [0.25, 0.3) is 0 Å². The van der Waals surface area contributed by atoms with Crippen molar-refractivity contribution in [3.8, 4) is 0 Å². The predicted octanol–water partition coefficient (Wildman–Crippen LogP) is 4.46. The number of anilines is 1. The molecule has 0 aliphatic rings. The van der Waals surface area contributed by atoms with Crippen molar-refractivity contribution in [3.05, 3.63) is 53.7 Å². The van der Waals surface area contributed by atoms with Crippen molar-refractivity contribution < 1.29 is 4.79 Å². The molecule has 4 heteroatoms.